The first-order valence-corrected chi connectivity index (χ1v) is 14.8. The monoisotopic (exact) mass is 552 g/mol. The Labute approximate surface area is 235 Å². The van der Waals surface area contributed by atoms with Crippen molar-refractivity contribution in [1.29, 1.82) is 0 Å². The van der Waals surface area contributed by atoms with E-state index >= 15 is 0 Å². The number of aromatic nitrogens is 1. The number of nitrogens with zero attached hydrogens (tertiary/aromatic N) is 2. The zero-order valence-electron chi connectivity index (χ0n) is 22.9. The number of hydrogen-bond donors (Lipinski definition) is 2. The number of carboxylic acids is 1. The summed E-state index contributed by atoms with van der Waals surface area (Å²) in [6, 6.07) is 15.8. The van der Waals surface area contributed by atoms with E-state index in [0.29, 0.717) is 24.7 Å². The number of pyridine rings is 1. The number of rotatable bonds is 14. The van der Waals surface area contributed by atoms with Crippen molar-refractivity contribution in [3.63, 3.8) is 0 Å². The Morgan fingerprint density at radius 3 is 2.72 bits per heavy atom. The number of thioether (sulfide) groups is 1. The molecular formula is C31H40N2O5S. The summed E-state index contributed by atoms with van der Waals surface area (Å²) < 4.78 is 10.7. The van der Waals surface area contributed by atoms with Gasteiger partial charge in [-0.2, -0.15) is 0 Å². The van der Waals surface area contributed by atoms with Gasteiger partial charge in [-0.25, -0.2) is 0 Å². The first-order chi connectivity index (χ1) is 19.0. The molecule has 2 heterocycles. The Hall–Kier alpha value is -2.81. The normalized spacial score (nSPS) is 18.6. The molecular weight excluding hydrogens is 512 g/mol. The second-order valence-corrected chi connectivity index (χ2v) is 11.5. The van der Waals surface area contributed by atoms with E-state index in [1.165, 1.54) is 4.90 Å². The highest BCUT2D eigenvalue weighted by Gasteiger charge is 2.30. The van der Waals surface area contributed by atoms with Crippen molar-refractivity contribution >= 4 is 28.6 Å². The fourth-order valence-corrected chi connectivity index (χ4v) is 6.52. The van der Waals surface area contributed by atoms with Crippen molar-refractivity contribution in [2.45, 2.75) is 49.5 Å². The molecule has 1 fully saturated rings. The van der Waals surface area contributed by atoms with Gasteiger partial charge in [0.2, 0.25) is 0 Å². The Morgan fingerprint density at radius 2 is 1.92 bits per heavy atom. The third kappa shape index (κ3) is 8.34. The van der Waals surface area contributed by atoms with Crippen LogP contribution in [0.2, 0.25) is 0 Å². The summed E-state index contributed by atoms with van der Waals surface area (Å²) in [5.74, 6) is 2.64. The molecule has 2 N–H and O–H groups in total. The SMILES string of the molecule is COc1cccc(SCCCN2CC[C@@H](CCC(O)c3ccnc4ccc(OC)cc34)[C@@H](CCC(=O)O)C2)c1. The molecule has 0 saturated carbocycles. The molecule has 1 aliphatic rings. The van der Waals surface area contributed by atoms with Crippen LogP contribution in [0.4, 0.5) is 0 Å². The molecule has 1 unspecified atom stereocenters. The number of carbonyl (C=O) groups is 1. The number of aliphatic hydroxyl groups excluding tert-OH is 1. The molecule has 0 amide bonds. The topological polar surface area (TPSA) is 92.1 Å². The summed E-state index contributed by atoms with van der Waals surface area (Å²) in [6.07, 6.45) is 5.64. The van der Waals surface area contributed by atoms with Crippen LogP contribution >= 0.6 is 11.8 Å². The molecule has 1 saturated heterocycles. The van der Waals surface area contributed by atoms with Gasteiger partial charge in [0.1, 0.15) is 11.5 Å². The molecule has 0 radical (unpaired) electrons. The van der Waals surface area contributed by atoms with Crippen molar-refractivity contribution < 1.29 is 24.5 Å². The van der Waals surface area contributed by atoms with Crippen molar-refractivity contribution in [3.8, 4) is 11.5 Å². The highest BCUT2D eigenvalue weighted by Crippen LogP contribution is 2.35. The van der Waals surface area contributed by atoms with E-state index in [4.69, 9.17) is 9.47 Å². The molecule has 1 aromatic heterocycles. The average molecular weight is 553 g/mol. The first-order valence-electron chi connectivity index (χ1n) is 13.8. The van der Waals surface area contributed by atoms with Crippen LogP contribution in [0.1, 0.15) is 50.2 Å². The largest absolute Gasteiger partial charge is 0.497 e. The summed E-state index contributed by atoms with van der Waals surface area (Å²) in [4.78, 5) is 19.5. The highest BCUT2D eigenvalue weighted by atomic mass is 32.2. The maximum atomic E-state index is 11.4. The fourth-order valence-electron chi connectivity index (χ4n) is 5.64. The van der Waals surface area contributed by atoms with Gasteiger partial charge in [-0.15, -0.1) is 11.8 Å². The minimum absolute atomic E-state index is 0.192. The summed E-state index contributed by atoms with van der Waals surface area (Å²) in [7, 11) is 3.32. The van der Waals surface area contributed by atoms with E-state index in [2.05, 4.69) is 22.0 Å². The van der Waals surface area contributed by atoms with Gasteiger partial charge in [-0.3, -0.25) is 9.78 Å². The molecule has 1 aliphatic heterocycles. The van der Waals surface area contributed by atoms with Gasteiger partial charge in [0.05, 0.1) is 25.8 Å². The van der Waals surface area contributed by atoms with Crippen LogP contribution in [0.3, 0.4) is 0 Å². The van der Waals surface area contributed by atoms with Gasteiger partial charge >= 0.3 is 5.97 Å². The minimum atomic E-state index is -0.738. The molecule has 0 bridgehead atoms. The quantitative estimate of drug-likeness (QED) is 0.184. The number of ether oxygens (including phenoxy) is 2. The molecule has 39 heavy (non-hydrogen) atoms. The second-order valence-electron chi connectivity index (χ2n) is 10.3. The van der Waals surface area contributed by atoms with Crippen LogP contribution < -0.4 is 9.47 Å². The van der Waals surface area contributed by atoms with Gasteiger partial charge in [0.25, 0.3) is 0 Å². The van der Waals surface area contributed by atoms with E-state index in [1.54, 1.807) is 20.4 Å². The van der Waals surface area contributed by atoms with Crippen LogP contribution in [0, 0.1) is 11.8 Å². The third-order valence-electron chi connectivity index (χ3n) is 7.79. The van der Waals surface area contributed by atoms with E-state index in [9.17, 15) is 15.0 Å². The highest BCUT2D eigenvalue weighted by molar-refractivity contribution is 7.99. The summed E-state index contributed by atoms with van der Waals surface area (Å²) >= 11 is 1.84. The van der Waals surface area contributed by atoms with Gasteiger partial charge in [0.15, 0.2) is 0 Å². The molecule has 7 nitrogen and oxygen atoms in total. The Morgan fingerprint density at radius 1 is 1.10 bits per heavy atom. The Kier molecular flexibility index (Phi) is 10.9. The zero-order valence-corrected chi connectivity index (χ0v) is 23.7. The lowest BCUT2D eigenvalue weighted by Crippen LogP contribution is -2.41. The van der Waals surface area contributed by atoms with Crippen LogP contribution in [-0.4, -0.2) is 65.7 Å². The van der Waals surface area contributed by atoms with Crippen LogP contribution in [0.25, 0.3) is 10.9 Å². The number of fused-ring (bicyclic) bond motifs is 1. The lowest BCUT2D eigenvalue weighted by atomic mass is 9.79. The predicted molar refractivity (Wildman–Crippen MR) is 156 cm³/mol. The molecule has 0 aliphatic carbocycles. The average Bonchev–Trinajstić information content (AvgIpc) is 2.96. The van der Waals surface area contributed by atoms with Crippen LogP contribution in [0.5, 0.6) is 11.5 Å². The first kappa shape index (κ1) is 29.2. The summed E-state index contributed by atoms with van der Waals surface area (Å²) in [5, 5.41) is 21.4. The number of aliphatic hydroxyl groups is 1. The molecule has 4 rings (SSSR count). The predicted octanol–water partition coefficient (Wildman–Crippen LogP) is 6.05. The standard InChI is InChI=1S/C31H40N2O5S/c1-37-24-5-3-6-26(19-24)39-18-4-16-33-17-14-22(23(21-33)8-12-31(35)36)7-11-30(34)27-13-15-32-29-10-9-25(38-2)20-28(27)29/h3,5-6,9-10,13,15,19-20,22-23,30,34H,4,7-8,11-12,14,16-18,21H2,1-2H3,(H,35,36)/t22-,23+,30?/m1/s1. The number of likely N-dealkylation sites (tertiary alicyclic amines) is 1. The second kappa shape index (κ2) is 14.5. The number of methoxy groups -OCH3 is 2. The van der Waals surface area contributed by atoms with Crippen molar-refractivity contribution in [3.05, 3.63) is 60.3 Å². The number of carboxylic acid groups (broad SMARTS) is 1. The molecule has 3 aromatic rings. The number of hydrogen-bond acceptors (Lipinski definition) is 7. The Balaban J connectivity index is 1.31. The van der Waals surface area contributed by atoms with Crippen molar-refractivity contribution in [1.82, 2.24) is 9.88 Å². The van der Waals surface area contributed by atoms with Crippen LogP contribution in [0.15, 0.2) is 59.6 Å². The fraction of sp³-hybridized carbons (Fsp3) is 0.484. The van der Waals surface area contributed by atoms with Crippen molar-refractivity contribution in [2.24, 2.45) is 11.8 Å². The van der Waals surface area contributed by atoms with Crippen LogP contribution in [-0.2, 0) is 4.79 Å². The smallest absolute Gasteiger partial charge is 0.303 e. The van der Waals surface area contributed by atoms with Gasteiger partial charge in [-0.1, -0.05) is 6.07 Å². The Bertz CT molecular complexity index is 1220. The molecule has 210 valence electrons. The van der Waals surface area contributed by atoms with E-state index in [1.807, 2.05) is 48.2 Å². The maximum Gasteiger partial charge on any atom is 0.303 e. The zero-order chi connectivity index (χ0) is 27.6. The summed E-state index contributed by atoms with van der Waals surface area (Å²) in [6.45, 7) is 2.96. The number of aliphatic carboxylic acids is 1. The van der Waals surface area contributed by atoms with E-state index in [-0.39, 0.29) is 6.42 Å². The lowest BCUT2D eigenvalue weighted by molar-refractivity contribution is -0.137. The number of piperidine rings is 1. The molecule has 3 atom stereocenters. The summed E-state index contributed by atoms with van der Waals surface area (Å²) in [5.41, 5.74) is 1.71. The molecule has 0 spiro atoms. The lowest BCUT2D eigenvalue weighted by Gasteiger charge is -2.39. The molecule has 8 heteroatoms. The van der Waals surface area contributed by atoms with Gasteiger partial charge < -0.3 is 24.6 Å². The maximum absolute atomic E-state index is 11.4. The van der Waals surface area contributed by atoms with E-state index < -0.39 is 12.1 Å². The van der Waals surface area contributed by atoms with Crippen molar-refractivity contribution in [2.75, 3.05) is 39.6 Å². The third-order valence-corrected chi connectivity index (χ3v) is 8.87. The van der Waals surface area contributed by atoms with Gasteiger partial charge in [-0.05, 0) is 111 Å². The minimum Gasteiger partial charge on any atom is -0.497 e. The number of benzene rings is 2. The molecule has 2 aromatic carbocycles. The van der Waals surface area contributed by atoms with Gasteiger partial charge in [0, 0.05) is 29.4 Å². The van der Waals surface area contributed by atoms with E-state index in [0.717, 1.165) is 72.6 Å².